The molecule has 0 aliphatic carbocycles. The highest BCUT2D eigenvalue weighted by Gasteiger charge is 2.15. The third-order valence-electron chi connectivity index (χ3n) is 2.09. The molecule has 0 fully saturated rings. The zero-order chi connectivity index (χ0) is 13.2. The van der Waals surface area contributed by atoms with Gasteiger partial charge in [-0.1, -0.05) is 11.6 Å². The molecule has 94 valence electrons. The highest BCUT2D eigenvalue weighted by Crippen LogP contribution is 2.23. The van der Waals surface area contributed by atoms with Crippen LogP contribution in [0.3, 0.4) is 0 Å². The number of sulfonamides is 1. The largest absolute Gasteiger partial charge is 0.397 e. The summed E-state index contributed by atoms with van der Waals surface area (Å²) in [4.78, 5) is 7.44. The predicted octanol–water partition coefficient (Wildman–Crippen LogP) is 1.51. The Kier molecular flexibility index (Phi) is 3.35. The van der Waals surface area contributed by atoms with E-state index < -0.39 is 10.0 Å². The highest BCUT2D eigenvalue weighted by molar-refractivity contribution is 7.92. The summed E-state index contributed by atoms with van der Waals surface area (Å²) in [6.45, 7) is 0. The predicted molar refractivity (Wildman–Crippen MR) is 68.7 cm³/mol. The first-order valence-electron chi connectivity index (χ1n) is 4.82. The first-order valence-corrected chi connectivity index (χ1v) is 6.68. The molecular formula is C10H9ClN4O2S. The van der Waals surface area contributed by atoms with E-state index in [1.165, 1.54) is 36.9 Å². The molecular weight excluding hydrogens is 276 g/mol. The van der Waals surface area contributed by atoms with Gasteiger partial charge >= 0.3 is 0 Å². The molecule has 3 N–H and O–H groups in total. The van der Waals surface area contributed by atoms with E-state index in [9.17, 15) is 8.42 Å². The van der Waals surface area contributed by atoms with Crippen LogP contribution in [0.15, 0.2) is 41.8 Å². The van der Waals surface area contributed by atoms with E-state index in [0.717, 1.165) is 0 Å². The number of aromatic nitrogens is 2. The molecule has 1 aromatic carbocycles. The minimum absolute atomic E-state index is 0.0215. The van der Waals surface area contributed by atoms with Gasteiger partial charge in [-0.15, -0.1) is 0 Å². The number of hydrogen-bond donors (Lipinski definition) is 2. The monoisotopic (exact) mass is 284 g/mol. The Hall–Kier alpha value is -1.86. The van der Waals surface area contributed by atoms with E-state index in [-0.39, 0.29) is 16.3 Å². The summed E-state index contributed by atoms with van der Waals surface area (Å²) in [6.07, 6.45) is 4.01. The van der Waals surface area contributed by atoms with Crippen molar-refractivity contribution in [3.63, 3.8) is 0 Å². The van der Waals surface area contributed by atoms with Crippen molar-refractivity contribution in [3.05, 3.63) is 41.9 Å². The Bertz CT molecular complexity index is 661. The van der Waals surface area contributed by atoms with Gasteiger partial charge in [0.15, 0.2) is 0 Å². The van der Waals surface area contributed by atoms with Gasteiger partial charge in [0, 0.05) is 0 Å². The van der Waals surface area contributed by atoms with Crippen molar-refractivity contribution in [2.75, 3.05) is 10.5 Å². The van der Waals surface area contributed by atoms with Crippen LogP contribution < -0.4 is 10.5 Å². The second-order valence-electron chi connectivity index (χ2n) is 3.42. The topological polar surface area (TPSA) is 98.0 Å². The number of nitrogen functional groups attached to an aromatic ring is 1. The van der Waals surface area contributed by atoms with Crippen LogP contribution >= 0.6 is 11.6 Å². The molecule has 0 radical (unpaired) electrons. The van der Waals surface area contributed by atoms with E-state index in [2.05, 4.69) is 14.7 Å². The molecule has 0 saturated carbocycles. The molecule has 0 aliphatic heterocycles. The van der Waals surface area contributed by atoms with Gasteiger partial charge in [-0.3, -0.25) is 4.72 Å². The SMILES string of the molecule is Nc1cc(S(=O)(=O)Nc2cncnc2)ccc1Cl. The first-order chi connectivity index (χ1) is 8.49. The van der Waals surface area contributed by atoms with E-state index in [0.29, 0.717) is 5.02 Å². The lowest BCUT2D eigenvalue weighted by Crippen LogP contribution is -2.13. The molecule has 1 heterocycles. The van der Waals surface area contributed by atoms with Crippen LogP contribution in [-0.4, -0.2) is 18.4 Å². The van der Waals surface area contributed by atoms with Crippen molar-refractivity contribution in [2.45, 2.75) is 4.90 Å². The van der Waals surface area contributed by atoms with Gasteiger partial charge in [0.05, 0.1) is 33.7 Å². The summed E-state index contributed by atoms with van der Waals surface area (Å²) in [7, 11) is -3.72. The zero-order valence-corrected chi connectivity index (χ0v) is 10.6. The van der Waals surface area contributed by atoms with Gasteiger partial charge in [0.25, 0.3) is 10.0 Å². The van der Waals surface area contributed by atoms with E-state index in [1.807, 2.05) is 0 Å². The molecule has 0 aliphatic rings. The number of nitrogens with zero attached hydrogens (tertiary/aromatic N) is 2. The molecule has 0 bridgehead atoms. The van der Waals surface area contributed by atoms with Crippen LogP contribution in [0.2, 0.25) is 5.02 Å². The Morgan fingerprint density at radius 1 is 1.22 bits per heavy atom. The van der Waals surface area contributed by atoms with E-state index >= 15 is 0 Å². The lowest BCUT2D eigenvalue weighted by Gasteiger charge is -2.08. The number of hydrogen-bond acceptors (Lipinski definition) is 5. The van der Waals surface area contributed by atoms with Crippen molar-refractivity contribution in [3.8, 4) is 0 Å². The summed E-state index contributed by atoms with van der Waals surface area (Å²) in [6, 6.07) is 4.08. The van der Waals surface area contributed by atoms with Gasteiger partial charge in [-0.2, -0.15) is 0 Å². The first kappa shape index (κ1) is 12.6. The van der Waals surface area contributed by atoms with Crippen LogP contribution in [0, 0.1) is 0 Å². The number of benzene rings is 1. The number of nitrogens with two attached hydrogens (primary N) is 1. The Morgan fingerprint density at radius 3 is 2.50 bits per heavy atom. The fourth-order valence-electron chi connectivity index (χ4n) is 1.25. The quantitative estimate of drug-likeness (QED) is 0.833. The highest BCUT2D eigenvalue weighted by atomic mass is 35.5. The molecule has 0 atom stereocenters. The summed E-state index contributed by atoms with van der Waals surface area (Å²) in [5, 5.41) is 0.303. The summed E-state index contributed by atoms with van der Waals surface area (Å²) in [5.41, 5.74) is 6.03. The summed E-state index contributed by atoms with van der Waals surface area (Å²) >= 11 is 5.73. The van der Waals surface area contributed by atoms with Crippen LogP contribution in [0.5, 0.6) is 0 Å². The Morgan fingerprint density at radius 2 is 1.89 bits per heavy atom. The standard InChI is InChI=1S/C10H9ClN4O2S/c11-9-2-1-8(3-10(9)12)18(16,17)15-7-4-13-6-14-5-7/h1-6,15H,12H2. The third-order valence-corrected chi connectivity index (χ3v) is 3.81. The smallest absolute Gasteiger partial charge is 0.262 e. The van der Waals surface area contributed by atoms with Gasteiger partial charge in [0.1, 0.15) is 6.33 Å². The lowest BCUT2D eigenvalue weighted by molar-refractivity contribution is 0.601. The molecule has 0 saturated heterocycles. The number of halogens is 1. The summed E-state index contributed by atoms with van der Waals surface area (Å²) < 4.78 is 26.3. The molecule has 0 spiro atoms. The van der Waals surface area contributed by atoms with Crippen molar-refractivity contribution < 1.29 is 8.42 Å². The Balaban J connectivity index is 2.34. The van der Waals surface area contributed by atoms with Gasteiger partial charge in [-0.25, -0.2) is 18.4 Å². The molecule has 6 nitrogen and oxygen atoms in total. The maximum Gasteiger partial charge on any atom is 0.262 e. The lowest BCUT2D eigenvalue weighted by atomic mass is 10.3. The normalized spacial score (nSPS) is 11.2. The van der Waals surface area contributed by atoms with Gasteiger partial charge in [0.2, 0.25) is 0 Å². The average molecular weight is 285 g/mol. The van der Waals surface area contributed by atoms with E-state index in [4.69, 9.17) is 17.3 Å². The third kappa shape index (κ3) is 2.69. The minimum atomic E-state index is -3.72. The Labute approximate surface area is 109 Å². The molecule has 18 heavy (non-hydrogen) atoms. The van der Waals surface area contributed by atoms with Gasteiger partial charge < -0.3 is 5.73 Å². The maximum absolute atomic E-state index is 12.0. The number of nitrogens with one attached hydrogen (secondary N) is 1. The summed E-state index contributed by atoms with van der Waals surface area (Å²) in [5.74, 6) is 0. The second kappa shape index (κ2) is 4.79. The van der Waals surface area contributed by atoms with Crippen molar-refractivity contribution in [1.82, 2.24) is 9.97 Å². The zero-order valence-electron chi connectivity index (χ0n) is 9.04. The molecule has 8 heteroatoms. The molecule has 1 aromatic heterocycles. The van der Waals surface area contributed by atoms with Crippen LogP contribution in [0.4, 0.5) is 11.4 Å². The van der Waals surface area contributed by atoms with Crippen molar-refractivity contribution in [1.29, 1.82) is 0 Å². The molecule has 2 rings (SSSR count). The maximum atomic E-state index is 12.0. The van der Waals surface area contributed by atoms with Gasteiger partial charge in [-0.05, 0) is 18.2 Å². The second-order valence-corrected chi connectivity index (χ2v) is 5.51. The fraction of sp³-hybridized carbons (Fsp3) is 0. The van der Waals surface area contributed by atoms with Crippen LogP contribution in [-0.2, 0) is 10.0 Å². The minimum Gasteiger partial charge on any atom is -0.397 e. The number of anilines is 2. The molecule has 0 amide bonds. The van der Waals surface area contributed by atoms with E-state index in [1.54, 1.807) is 0 Å². The molecule has 2 aromatic rings. The van der Waals surface area contributed by atoms with Crippen molar-refractivity contribution >= 4 is 33.0 Å². The number of rotatable bonds is 3. The van der Waals surface area contributed by atoms with Crippen LogP contribution in [0.25, 0.3) is 0 Å². The van der Waals surface area contributed by atoms with Crippen LogP contribution in [0.1, 0.15) is 0 Å². The molecule has 0 unspecified atom stereocenters. The fourth-order valence-corrected chi connectivity index (χ4v) is 2.44. The van der Waals surface area contributed by atoms with Crippen molar-refractivity contribution in [2.24, 2.45) is 0 Å². The average Bonchev–Trinajstić information content (AvgIpc) is 2.33.